The highest BCUT2D eigenvalue weighted by Gasteiger charge is 2.42. The Morgan fingerprint density at radius 1 is 1.53 bits per heavy atom. The summed E-state index contributed by atoms with van der Waals surface area (Å²) in [6.07, 6.45) is 9.58. The molecule has 0 atom stereocenters. The second-order valence-electron chi connectivity index (χ2n) is 5.46. The molecule has 0 spiro atoms. The molecule has 4 heteroatoms. The van der Waals surface area contributed by atoms with Crippen LogP contribution in [0.5, 0.6) is 0 Å². The summed E-state index contributed by atoms with van der Waals surface area (Å²) in [6, 6.07) is 3.03. The van der Waals surface area contributed by atoms with Crippen molar-refractivity contribution in [2.45, 2.75) is 51.2 Å². The molecular formula is C13H18N4. The first kappa shape index (κ1) is 10.8. The van der Waals surface area contributed by atoms with Gasteiger partial charge in [-0.1, -0.05) is 0 Å². The molecule has 0 bridgehead atoms. The van der Waals surface area contributed by atoms with Crippen molar-refractivity contribution in [3.05, 3.63) is 18.2 Å². The van der Waals surface area contributed by atoms with Gasteiger partial charge in [0.1, 0.15) is 5.82 Å². The summed E-state index contributed by atoms with van der Waals surface area (Å²) in [5.74, 6) is 1.11. The molecule has 1 heterocycles. The summed E-state index contributed by atoms with van der Waals surface area (Å²) in [6.45, 7) is 1.82. The third-order valence-electron chi connectivity index (χ3n) is 3.84. The Kier molecular flexibility index (Phi) is 2.64. The SMILES string of the molecule is N#CCC1(Cn2ccnc2CNC2CC2)CC1. The third kappa shape index (κ3) is 2.50. The number of nitriles is 1. The molecular weight excluding hydrogens is 212 g/mol. The van der Waals surface area contributed by atoms with Crippen molar-refractivity contribution in [2.75, 3.05) is 0 Å². The number of aromatic nitrogens is 2. The van der Waals surface area contributed by atoms with Crippen molar-refractivity contribution in [3.8, 4) is 6.07 Å². The monoisotopic (exact) mass is 230 g/mol. The number of imidazole rings is 1. The highest BCUT2D eigenvalue weighted by molar-refractivity contribution is 5.03. The van der Waals surface area contributed by atoms with Crippen LogP contribution in [0.4, 0.5) is 0 Å². The summed E-state index contributed by atoms with van der Waals surface area (Å²) < 4.78 is 2.22. The normalized spacial score (nSPS) is 21.1. The third-order valence-corrected chi connectivity index (χ3v) is 3.84. The van der Waals surface area contributed by atoms with E-state index in [1.165, 1.54) is 25.7 Å². The van der Waals surface area contributed by atoms with Crippen LogP contribution in [0.15, 0.2) is 12.4 Å². The minimum absolute atomic E-state index is 0.254. The molecule has 3 rings (SSSR count). The average Bonchev–Trinajstić information content (AvgIpc) is 3.21. The van der Waals surface area contributed by atoms with E-state index in [1.807, 2.05) is 12.4 Å². The number of hydrogen-bond acceptors (Lipinski definition) is 3. The van der Waals surface area contributed by atoms with Crippen LogP contribution in [-0.4, -0.2) is 15.6 Å². The molecule has 1 aromatic rings. The minimum Gasteiger partial charge on any atom is -0.333 e. The molecule has 17 heavy (non-hydrogen) atoms. The minimum atomic E-state index is 0.254. The lowest BCUT2D eigenvalue weighted by atomic mass is 10.0. The van der Waals surface area contributed by atoms with Crippen LogP contribution in [0, 0.1) is 16.7 Å². The standard InChI is InChI=1S/C13H18N4/c14-6-5-13(3-4-13)10-17-8-7-15-12(17)9-16-11-1-2-11/h7-8,11,16H,1-5,9-10H2. The summed E-state index contributed by atoms with van der Waals surface area (Å²) in [7, 11) is 0. The molecule has 90 valence electrons. The maximum atomic E-state index is 8.84. The lowest BCUT2D eigenvalue weighted by Crippen LogP contribution is -2.21. The van der Waals surface area contributed by atoms with E-state index in [4.69, 9.17) is 5.26 Å². The summed E-state index contributed by atoms with van der Waals surface area (Å²) in [4.78, 5) is 4.41. The molecule has 0 unspecified atom stereocenters. The van der Waals surface area contributed by atoms with Gasteiger partial charge < -0.3 is 9.88 Å². The zero-order valence-corrected chi connectivity index (χ0v) is 10.0. The Morgan fingerprint density at radius 2 is 2.35 bits per heavy atom. The Balaban J connectivity index is 1.62. The van der Waals surface area contributed by atoms with Crippen LogP contribution in [0.1, 0.15) is 37.9 Å². The first-order valence-electron chi connectivity index (χ1n) is 6.42. The Bertz CT molecular complexity index is 435. The average molecular weight is 230 g/mol. The van der Waals surface area contributed by atoms with Crippen LogP contribution in [-0.2, 0) is 13.1 Å². The molecule has 2 fully saturated rings. The maximum Gasteiger partial charge on any atom is 0.122 e. The summed E-state index contributed by atoms with van der Waals surface area (Å²) in [5, 5.41) is 12.3. The number of nitrogens with one attached hydrogen (secondary N) is 1. The lowest BCUT2D eigenvalue weighted by molar-refractivity contribution is 0.417. The largest absolute Gasteiger partial charge is 0.333 e. The maximum absolute atomic E-state index is 8.84. The van der Waals surface area contributed by atoms with E-state index in [1.54, 1.807) is 0 Å². The van der Waals surface area contributed by atoms with Gasteiger partial charge in [-0.25, -0.2) is 4.98 Å². The zero-order valence-electron chi connectivity index (χ0n) is 10.0. The van der Waals surface area contributed by atoms with Crippen molar-refractivity contribution in [1.82, 2.24) is 14.9 Å². The van der Waals surface area contributed by atoms with E-state index < -0.39 is 0 Å². The van der Waals surface area contributed by atoms with Gasteiger partial charge in [-0.3, -0.25) is 0 Å². The van der Waals surface area contributed by atoms with Crippen LogP contribution >= 0.6 is 0 Å². The Hall–Kier alpha value is -1.34. The van der Waals surface area contributed by atoms with Crippen LogP contribution in [0.2, 0.25) is 0 Å². The highest BCUT2D eigenvalue weighted by Crippen LogP contribution is 2.50. The van der Waals surface area contributed by atoms with Gasteiger partial charge in [0, 0.05) is 36.8 Å². The predicted octanol–water partition coefficient (Wildman–Crippen LogP) is 1.83. The fraction of sp³-hybridized carbons (Fsp3) is 0.692. The topological polar surface area (TPSA) is 53.6 Å². The molecule has 0 saturated heterocycles. The molecule has 2 aliphatic carbocycles. The van der Waals surface area contributed by atoms with E-state index in [9.17, 15) is 0 Å². The smallest absolute Gasteiger partial charge is 0.122 e. The molecule has 1 aromatic heterocycles. The molecule has 0 aromatic carbocycles. The molecule has 2 aliphatic rings. The first-order valence-corrected chi connectivity index (χ1v) is 6.42. The summed E-state index contributed by atoms with van der Waals surface area (Å²) >= 11 is 0. The molecule has 2 saturated carbocycles. The predicted molar refractivity (Wildman–Crippen MR) is 64.0 cm³/mol. The quantitative estimate of drug-likeness (QED) is 0.811. The fourth-order valence-electron chi connectivity index (χ4n) is 2.27. The van der Waals surface area contributed by atoms with Crippen LogP contribution in [0.25, 0.3) is 0 Å². The van der Waals surface area contributed by atoms with Gasteiger partial charge in [-0.05, 0) is 25.7 Å². The van der Waals surface area contributed by atoms with Crippen molar-refractivity contribution < 1.29 is 0 Å². The van der Waals surface area contributed by atoms with Gasteiger partial charge in [-0.15, -0.1) is 0 Å². The van der Waals surface area contributed by atoms with Crippen molar-refractivity contribution >= 4 is 0 Å². The zero-order chi connectivity index (χ0) is 11.7. The lowest BCUT2D eigenvalue weighted by Gasteiger charge is -2.14. The second-order valence-corrected chi connectivity index (χ2v) is 5.46. The van der Waals surface area contributed by atoms with Gasteiger partial charge in [0.05, 0.1) is 12.6 Å². The van der Waals surface area contributed by atoms with Crippen molar-refractivity contribution in [3.63, 3.8) is 0 Å². The number of nitrogens with zero attached hydrogens (tertiary/aromatic N) is 3. The van der Waals surface area contributed by atoms with Crippen molar-refractivity contribution in [1.29, 1.82) is 5.26 Å². The van der Waals surface area contributed by atoms with Gasteiger partial charge in [0.15, 0.2) is 0 Å². The van der Waals surface area contributed by atoms with Gasteiger partial charge in [0.25, 0.3) is 0 Å². The van der Waals surface area contributed by atoms with Crippen LogP contribution in [0.3, 0.4) is 0 Å². The van der Waals surface area contributed by atoms with E-state index in [0.717, 1.165) is 18.9 Å². The van der Waals surface area contributed by atoms with Crippen molar-refractivity contribution in [2.24, 2.45) is 5.41 Å². The molecule has 0 amide bonds. The molecule has 1 N–H and O–H groups in total. The molecule has 0 radical (unpaired) electrons. The van der Waals surface area contributed by atoms with E-state index in [0.29, 0.717) is 12.5 Å². The number of rotatable bonds is 6. The first-order chi connectivity index (χ1) is 8.31. The Labute approximate surface area is 102 Å². The van der Waals surface area contributed by atoms with Gasteiger partial charge in [0.2, 0.25) is 0 Å². The molecule has 4 nitrogen and oxygen atoms in total. The van der Waals surface area contributed by atoms with Crippen LogP contribution < -0.4 is 5.32 Å². The number of hydrogen-bond donors (Lipinski definition) is 1. The second kappa shape index (κ2) is 4.15. The van der Waals surface area contributed by atoms with E-state index in [2.05, 4.69) is 20.9 Å². The molecule has 0 aliphatic heterocycles. The van der Waals surface area contributed by atoms with Gasteiger partial charge in [-0.2, -0.15) is 5.26 Å². The highest BCUT2D eigenvalue weighted by atomic mass is 15.1. The van der Waals surface area contributed by atoms with Gasteiger partial charge >= 0.3 is 0 Å². The summed E-state index contributed by atoms with van der Waals surface area (Å²) in [5.41, 5.74) is 0.254. The van der Waals surface area contributed by atoms with E-state index >= 15 is 0 Å². The Morgan fingerprint density at radius 3 is 3.00 bits per heavy atom. The van der Waals surface area contributed by atoms with E-state index in [-0.39, 0.29) is 5.41 Å². The fourth-order valence-corrected chi connectivity index (χ4v) is 2.27.